The Morgan fingerprint density at radius 1 is 1.91 bits per heavy atom. The Morgan fingerprint density at radius 3 is 3.09 bits per heavy atom. The first-order valence-electron chi connectivity index (χ1n) is 3.22. The Morgan fingerprint density at radius 2 is 2.64 bits per heavy atom. The smallest absolute Gasteiger partial charge is 0.237 e. The van der Waals surface area contributed by atoms with Crippen LogP contribution in [0.25, 0.3) is 0 Å². The van der Waals surface area contributed by atoms with Crippen molar-refractivity contribution in [3.05, 3.63) is 11.8 Å². The number of rotatable bonds is 2. The van der Waals surface area contributed by atoms with E-state index in [2.05, 4.69) is 10.2 Å². The third-order valence-corrected chi connectivity index (χ3v) is 1.86. The Hall–Kier alpha value is -0.970. The lowest BCUT2D eigenvalue weighted by Gasteiger charge is -1.90. The van der Waals surface area contributed by atoms with E-state index in [0.29, 0.717) is 11.5 Å². The zero-order valence-electron chi connectivity index (χ0n) is 6.13. The molecule has 0 atom stereocenters. The Bertz CT molecular complexity index is 258. The van der Waals surface area contributed by atoms with Gasteiger partial charge >= 0.3 is 0 Å². The molecule has 0 aromatic carbocycles. The standard InChI is InChI=1S/C6H9N3OS/c1-2-11-6(10)4-3-5(7)9-8-4/h3H,2H2,1H3,(H3,7,8,9). The number of carbonyl (C=O) groups is 1. The summed E-state index contributed by atoms with van der Waals surface area (Å²) in [5.41, 5.74) is 5.78. The topological polar surface area (TPSA) is 71.8 Å². The third kappa shape index (κ3) is 1.98. The number of aromatic amines is 1. The van der Waals surface area contributed by atoms with Crippen LogP contribution in [0.4, 0.5) is 5.82 Å². The highest BCUT2D eigenvalue weighted by Gasteiger charge is 2.07. The second-order valence-electron chi connectivity index (χ2n) is 1.93. The second kappa shape index (κ2) is 3.43. The summed E-state index contributed by atoms with van der Waals surface area (Å²) in [5, 5.41) is 6.17. The SMILES string of the molecule is CCSC(=O)c1cc(N)n[nH]1. The minimum absolute atomic E-state index is 0.0169. The molecule has 0 bridgehead atoms. The summed E-state index contributed by atoms with van der Waals surface area (Å²) in [7, 11) is 0. The maximum absolute atomic E-state index is 11.1. The molecule has 0 spiro atoms. The highest BCUT2D eigenvalue weighted by molar-refractivity contribution is 8.14. The molecule has 0 saturated carbocycles. The van der Waals surface area contributed by atoms with Crippen LogP contribution in [-0.4, -0.2) is 21.1 Å². The van der Waals surface area contributed by atoms with Crippen molar-refractivity contribution in [1.29, 1.82) is 0 Å². The van der Waals surface area contributed by atoms with E-state index in [-0.39, 0.29) is 5.12 Å². The summed E-state index contributed by atoms with van der Waals surface area (Å²) in [6.07, 6.45) is 0. The van der Waals surface area contributed by atoms with Crippen molar-refractivity contribution < 1.29 is 4.79 Å². The number of carbonyl (C=O) groups excluding carboxylic acids is 1. The second-order valence-corrected chi connectivity index (χ2v) is 3.16. The predicted octanol–water partition coefficient (Wildman–Crippen LogP) is 0.885. The highest BCUT2D eigenvalue weighted by atomic mass is 32.2. The lowest BCUT2D eigenvalue weighted by atomic mass is 10.5. The fourth-order valence-electron chi connectivity index (χ4n) is 0.651. The summed E-state index contributed by atoms with van der Waals surface area (Å²) in [4.78, 5) is 11.1. The van der Waals surface area contributed by atoms with Crippen LogP contribution in [0.15, 0.2) is 6.07 Å². The average molecular weight is 171 g/mol. The molecule has 0 fully saturated rings. The summed E-state index contributed by atoms with van der Waals surface area (Å²) >= 11 is 1.23. The molecule has 0 unspecified atom stereocenters. The number of nitrogens with two attached hydrogens (primary N) is 1. The summed E-state index contributed by atoms with van der Waals surface area (Å²) in [5.74, 6) is 1.11. The minimum Gasteiger partial charge on any atom is -0.382 e. The van der Waals surface area contributed by atoms with Crippen LogP contribution in [0.2, 0.25) is 0 Å². The maximum atomic E-state index is 11.1. The third-order valence-electron chi connectivity index (χ3n) is 1.09. The first-order chi connectivity index (χ1) is 5.24. The van der Waals surface area contributed by atoms with Crippen molar-refractivity contribution in [3.8, 4) is 0 Å². The van der Waals surface area contributed by atoms with Gasteiger partial charge in [0.2, 0.25) is 5.12 Å². The van der Waals surface area contributed by atoms with Crippen LogP contribution in [0, 0.1) is 0 Å². The van der Waals surface area contributed by atoms with E-state index >= 15 is 0 Å². The van der Waals surface area contributed by atoms with Crippen LogP contribution in [0.5, 0.6) is 0 Å². The van der Waals surface area contributed by atoms with Gasteiger partial charge in [0.15, 0.2) is 0 Å². The molecule has 0 radical (unpaired) electrons. The summed E-state index contributed by atoms with van der Waals surface area (Å²) in [6, 6.07) is 1.53. The molecule has 0 aliphatic carbocycles. The van der Waals surface area contributed by atoms with Gasteiger partial charge in [-0.25, -0.2) is 0 Å². The maximum Gasteiger partial charge on any atom is 0.237 e. The monoisotopic (exact) mass is 171 g/mol. The number of hydrogen-bond donors (Lipinski definition) is 2. The molecule has 0 amide bonds. The first kappa shape index (κ1) is 8.13. The molecule has 0 saturated heterocycles. The van der Waals surface area contributed by atoms with Gasteiger partial charge < -0.3 is 5.73 Å². The van der Waals surface area contributed by atoms with Crippen LogP contribution in [0.3, 0.4) is 0 Å². The molecule has 4 nitrogen and oxygen atoms in total. The number of nitrogens with zero attached hydrogens (tertiary/aromatic N) is 1. The van der Waals surface area contributed by atoms with Crippen molar-refractivity contribution in [2.24, 2.45) is 0 Å². The molecule has 3 N–H and O–H groups in total. The van der Waals surface area contributed by atoms with Crippen molar-refractivity contribution in [1.82, 2.24) is 10.2 Å². The van der Waals surface area contributed by atoms with Crippen molar-refractivity contribution in [2.45, 2.75) is 6.92 Å². The van der Waals surface area contributed by atoms with Crippen LogP contribution >= 0.6 is 11.8 Å². The quantitative estimate of drug-likeness (QED) is 0.693. The number of H-pyrrole nitrogens is 1. The molecular formula is C6H9N3OS. The van der Waals surface area contributed by atoms with E-state index in [9.17, 15) is 4.79 Å². The molecule has 1 heterocycles. The summed E-state index contributed by atoms with van der Waals surface area (Å²) < 4.78 is 0. The average Bonchev–Trinajstić information content (AvgIpc) is 2.36. The van der Waals surface area contributed by atoms with Crippen LogP contribution in [0.1, 0.15) is 17.4 Å². The number of aromatic nitrogens is 2. The van der Waals surface area contributed by atoms with Gasteiger partial charge in [-0.3, -0.25) is 9.89 Å². The van der Waals surface area contributed by atoms with Gasteiger partial charge in [-0.05, 0) is 5.75 Å². The molecule has 11 heavy (non-hydrogen) atoms. The van der Waals surface area contributed by atoms with Gasteiger partial charge in [-0.1, -0.05) is 18.7 Å². The fourth-order valence-corrected chi connectivity index (χ4v) is 1.17. The van der Waals surface area contributed by atoms with E-state index in [1.165, 1.54) is 17.8 Å². The van der Waals surface area contributed by atoms with Gasteiger partial charge in [0.25, 0.3) is 0 Å². The van der Waals surface area contributed by atoms with Gasteiger partial charge in [0, 0.05) is 6.07 Å². The van der Waals surface area contributed by atoms with Gasteiger partial charge in [-0.2, -0.15) is 5.10 Å². The van der Waals surface area contributed by atoms with Crippen molar-refractivity contribution >= 4 is 22.7 Å². The first-order valence-corrected chi connectivity index (χ1v) is 4.20. The highest BCUT2D eigenvalue weighted by Crippen LogP contribution is 2.10. The zero-order chi connectivity index (χ0) is 8.27. The van der Waals surface area contributed by atoms with Crippen LogP contribution in [-0.2, 0) is 0 Å². The number of nitrogens with one attached hydrogen (secondary N) is 1. The Kier molecular flexibility index (Phi) is 2.53. The number of nitrogen functional groups attached to an aromatic ring is 1. The Labute approximate surface area is 68.5 Å². The molecule has 1 aromatic heterocycles. The molecule has 1 aromatic rings. The van der Waals surface area contributed by atoms with Crippen molar-refractivity contribution in [2.75, 3.05) is 11.5 Å². The van der Waals surface area contributed by atoms with E-state index < -0.39 is 0 Å². The largest absolute Gasteiger partial charge is 0.382 e. The van der Waals surface area contributed by atoms with Crippen molar-refractivity contribution in [3.63, 3.8) is 0 Å². The van der Waals surface area contributed by atoms with Gasteiger partial charge in [0.05, 0.1) is 0 Å². The Balaban J connectivity index is 2.69. The molecule has 0 aliphatic heterocycles. The number of anilines is 1. The lowest BCUT2D eigenvalue weighted by molar-refractivity contribution is 0.108. The normalized spacial score (nSPS) is 9.91. The molecule has 1 rings (SSSR count). The molecule has 60 valence electrons. The number of hydrogen-bond acceptors (Lipinski definition) is 4. The molecular weight excluding hydrogens is 162 g/mol. The van der Waals surface area contributed by atoms with Gasteiger partial charge in [0.1, 0.15) is 11.5 Å². The minimum atomic E-state index is -0.0169. The molecule has 5 heteroatoms. The fraction of sp³-hybridized carbons (Fsp3) is 0.333. The predicted molar refractivity (Wildman–Crippen MR) is 45.5 cm³/mol. The lowest BCUT2D eigenvalue weighted by Crippen LogP contribution is -1.93. The zero-order valence-corrected chi connectivity index (χ0v) is 6.94. The van der Waals surface area contributed by atoms with E-state index in [1.54, 1.807) is 0 Å². The molecule has 0 aliphatic rings. The van der Waals surface area contributed by atoms with E-state index in [1.807, 2.05) is 6.92 Å². The van der Waals surface area contributed by atoms with E-state index in [4.69, 9.17) is 5.73 Å². The number of thioether (sulfide) groups is 1. The van der Waals surface area contributed by atoms with Gasteiger partial charge in [-0.15, -0.1) is 0 Å². The van der Waals surface area contributed by atoms with E-state index in [0.717, 1.165) is 5.75 Å². The van der Waals surface area contributed by atoms with Crippen LogP contribution < -0.4 is 5.73 Å². The summed E-state index contributed by atoms with van der Waals surface area (Å²) in [6.45, 7) is 1.92.